The predicted molar refractivity (Wildman–Crippen MR) is 74.1 cm³/mol. The van der Waals surface area contributed by atoms with Crippen molar-refractivity contribution in [1.82, 2.24) is 9.71 Å². The van der Waals surface area contributed by atoms with Crippen LogP contribution < -0.4 is 10.5 Å². The van der Waals surface area contributed by atoms with Crippen LogP contribution in [-0.4, -0.2) is 13.4 Å². The molecule has 1 heterocycles. The zero-order chi connectivity index (χ0) is 13.9. The molecule has 0 unspecified atom stereocenters. The Morgan fingerprint density at radius 1 is 1.26 bits per heavy atom. The molecule has 0 radical (unpaired) electrons. The van der Waals surface area contributed by atoms with Crippen LogP contribution in [0.3, 0.4) is 0 Å². The summed E-state index contributed by atoms with van der Waals surface area (Å²) in [5.41, 5.74) is 6.52. The summed E-state index contributed by atoms with van der Waals surface area (Å²) >= 11 is 5.88. The Labute approximate surface area is 116 Å². The lowest BCUT2D eigenvalue weighted by atomic mass is 10.3. The summed E-state index contributed by atoms with van der Waals surface area (Å²) in [7, 11) is -3.75. The second kappa shape index (κ2) is 5.56. The lowest BCUT2D eigenvalue weighted by Crippen LogP contribution is -2.24. The minimum absolute atomic E-state index is 0.0960. The number of nitrogens with one attached hydrogen (secondary N) is 1. The average molecular weight is 298 g/mol. The molecular formula is C12H12ClN3O2S. The van der Waals surface area contributed by atoms with Crippen molar-refractivity contribution in [2.45, 2.75) is 11.4 Å². The van der Waals surface area contributed by atoms with E-state index in [0.29, 0.717) is 0 Å². The van der Waals surface area contributed by atoms with Gasteiger partial charge < -0.3 is 5.73 Å². The SMILES string of the molecule is Nc1cccc(Cl)c1S(=O)(=O)NCc1cccnc1. The molecule has 0 atom stereocenters. The van der Waals surface area contributed by atoms with E-state index in [1.54, 1.807) is 30.6 Å². The molecule has 2 rings (SSSR count). The predicted octanol–water partition coefficient (Wildman–Crippen LogP) is 1.80. The van der Waals surface area contributed by atoms with Gasteiger partial charge >= 0.3 is 0 Å². The molecule has 0 saturated carbocycles. The number of pyridine rings is 1. The van der Waals surface area contributed by atoms with Crippen LogP contribution in [0.1, 0.15) is 5.56 Å². The number of anilines is 1. The van der Waals surface area contributed by atoms with Gasteiger partial charge in [0.25, 0.3) is 0 Å². The molecule has 0 saturated heterocycles. The van der Waals surface area contributed by atoms with Gasteiger partial charge in [0.15, 0.2) is 0 Å². The van der Waals surface area contributed by atoms with E-state index in [1.165, 1.54) is 12.1 Å². The van der Waals surface area contributed by atoms with Crippen LogP contribution >= 0.6 is 11.6 Å². The summed E-state index contributed by atoms with van der Waals surface area (Å²) in [6.45, 7) is 0.126. The Hall–Kier alpha value is -1.63. The van der Waals surface area contributed by atoms with Crippen molar-refractivity contribution >= 4 is 27.3 Å². The molecule has 100 valence electrons. The van der Waals surface area contributed by atoms with Crippen molar-refractivity contribution in [2.24, 2.45) is 0 Å². The monoisotopic (exact) mass is 297 g/mol. The standard InChI is InChI=1S/C12H12ClN3O2S/c13-10-4-1-5-11(14)12(10)19(17,18)16-8-9-3-2-6-15-7-9/h1-7,16H,8,14H2. The van der Waals surface area contributed by atoms with Gasteiger partial charge in [0.1, 0.15) is 4.90 Å². The zero-order valence-corrected chi connectivity index (χ0v) is 11.4. The van der Waals surface area contributed by atoms with E-state index in [2.05, 4.69) is 9.71 Å². The first kappa shape index (κ1) is 13.8. The number of hydrogen-bond donors (Lipinski definition) is 2. The number of halogens is 1. The Morgan fingerprint density at radius 3 is 2.68 bits per heavy atom. The summed E-state index contributed by atoms with van der Waals surface area (Å²) in [4.78, 5) is 3.81. The van der Waals surface area contributed by atoms with Crippen molar-refractivity contribution in [3.63, 3.8) is 0 Å². The Balaban J connectivity index is 2.24. The second-order valence-electron chi connectivity index (χ2n) is 3.84. The van der Waals surface area contributed by atoms with Crippen molar-refractivity contribution in [2.75, 3.05) is 5.73 Å². The second-order valence-corrected chi connectivity index (χ2v) is 5.96. The highest BCUT2D eigenvalue weighted by atomic mass is 35.5. The molecule has 2 aromatic rings. The largest absolute Gasteiger partial charge is 0.398 e. The molecule has 0 amide bonds. The summed E-state index contributed by atoms with van der Waals surface area (Å²) in [5.74, 6) is 0. The van der Waals surface area contributed by atoms with Gasteiger partial charge in [-0.1, -0.05) is 23.7 Å². The third kappa shape index (κ3) is 3.23. The molecule has 0 aliphatic heterocycles. The maximum atomic E-state index is 12.2. The van der Waals surface area contributed by atoms with E-state index in [-0.39, 0.29) is 22.2 Å². The van der Waals surface area contributed by atoms with Crippen LogP contribution in [0.4, 0.5) is 5.69 Å². The molecule has 1 aromatic carbocycles. The third-order valence-electron chi connectivity index (χ3n) is 2.46. The first-order valence-corrected chi connectivity index (χ1v) is 7.29. The molecule has 1 aromatic heterocycles. The molecule has 3 N–H and O–H groups in total. The summed E-state index contributed by atoms with van der Waals surface area (Å²) in [6, 6.07) is 8.07. The zero-order valence-electron chi connectivity index (χ0n) is 9.88. The van der Waals surface area contributed by atoms with Crippen molar-refractivity contribution in [3.8, 4) is 0 Å². The number of nitrogens with two attached hydrogens (primary N) is 1. The van der Waals surface area contributed by atoms with Gasteiger partial charge in [0, 0.05) is 18.9 Å². The minimum Gasteiger partial charge on any atom is -0.398 e. The topological polar surface area (TPSA) is 85.1 Å². The highest BCUT2D eigenvalue weighted by Crippen LogP contribution is 2.26. The van der Waals surface area contributed by atoms with E-state index in [1.807, 2.05) is 0 Å². The fourth-order valence-corrected chi connectivity index (χ4v) is 3.25. The number of sulfonamides is 1. The Morgan fingerprint density at radius 2 is 2.05 bits per heavy atom. The highest BCUT2D eigenvalue weighted by molar-refractivity contribution is 7.89. The maximum Gasteiger partial charge on any atom is 0.244 e. The molecule has 0 fully saturated rings. The number of benzene rings is 1. The highest BCUT2D eigenvalue weighted by Gasteiger charge is 2.20. The van der Waals surface area contributed by atoms with Crippen molar-refractivity contribution in [1.29, 1.82) is 0 Å². The van der Waals surface area contributed by atoms with Crippen LogP contribution in [-0.2, 0) is 16.6 Å². The van der Waals surface area contributed by atoms with Crippen LogP contribution in [0, 0.1) is 0 Å². The molecule has 0 aliphatic rings. The maximum absolute atomic E-state index is 12.2. The molecule has 7 heteroatoms. The number of hydrogen-bond acceptors (Lipinski definition) is 4. The Bertz CT molecular complexity index is 654. The summed E-state index contributed by atoms with van der Waals surface area (Å²) < 4.78 is 26.7. The van der Waals surface area contributed by atoms with Gasteiger partial charge in [-0.3, -0.25) is 4.98 Å². The van der Waals surface area contributed by atoms with E-state index < -0.39 is 10.0 Å². The fourth-order valence-electron chi connectivity index (χ4n) is 1.56. The van der Waals surface area contributed by atoms with Crippen LogP contribution in [0.5, 0.6) is 0 Å². The lowest BCUT2D eigenvalue weighted by molar-refractivity contribution is 0.581. The quantitative estimate of drug-likeness (QED) is 0.843. The van der Waals surface area contributed by atoms with E-state index in [9.17, 15) is 8.42 Å². The van der Waals surface area contributed by atoms with Crippen LogP contribution in [0.2, 0.25) is 5.02 Å². The van der Waals surface area contributed by atoms with Gasteiger partial charge in [-0.15, -0.1) is 0 Å². The van der Waals surface area contributed by atoms with E-state index >= 15 is 0 Å². The first-order valence-electron chi connectivity index (χ1n) is 5.43. The third-order valence-corrected chi connectivity index (χ3v) is 4.40. The summed E-state index contributed by atoms with van der Waals surface area (Å²) in [5, 5.41) is 0.0960. The van der Waals surface area contributed by atoms with Gasteiger partial charge in [-0.2, -0.15) is 0 Å². The van der Waals surface area contributed by atoms with Crippen molar-refractivity contribution in [3.05, 3.63) is 53.3 Å². The van der Waals surface area contributed by atoms with Crippen molar-refractivity contribution < 1.29 is 8.42 Å². The first-order chi connectivity index (χ1) is 9.00. The number of rotatable bonds is 4. The molecule has 19 heavy (non-hydrogen) atoms. The average Bonchev–Trinajstić information content (AvgIpc) is 2.37. The van der Waals surface area contributed by atoms with Gasteiger partial charge in [-0.25, -0.2) is 13.1 Å². The van der Waals surface area contributed by atoms with Gasteiger partial charge in [-0.05, 0) is 23.8 Å². The molecule has 0 spiro atoms. The molecule has 0 bridgehead atoms. The van der Waals surface area contributed by atoms with Gasteiger partial charge in [0.05, 0.1) is 10.7 Å². The lowest BCUT2D eigenvalue weighted by Gasteiger charge is -2.10. The summed E-state index contributed by atoms with van der Waals surface area (Å²) in [6.07, 6.45) is 3.20. The van der Waals surface area contributed by atoms with Gasteiger partial charge in [0.2, 0.25) is 10.0 Å². The molecule has 0 aliphatic carbocycles. The van der Waals surface area contributed by atoms with Crippen LogP contribution in [0.15, 0.2) is 47.6 Å². The Kier molecular flexibility index (Phi) is 4.04. The van der Waals surface area contributed by atoms with E-state index in [0.717, 1.165) is 5.56 Å². The molecule has 5 nitrogen and oxygen atoms in total. The fraction of sp³-hybridized carbons (Fsp3) is 0.0833. The number of nitrogen functional groups attached to an aromatic ring is 1. The normalized spacial score (nSPS) is 11.4. The molecular weight excluding hydrogens is 286 g/mol. The van der Waals surface area contributed by atoms with E-state index in [4.69, 9.17) is 17.3 Å². The number of nitrogens with zero attached hydrogens (tertiary/aromatic N) is 1. The smallest absolute Gasteiger partial charge is 0.244 e. The number of aromatic nitrogens is 1. The minimum atomic E-state index is -3.75. The van der Waals surface area contributed by atoms with Crippen LogP contribution in [0.25, 0.3) is 0 Å².